The molecule has 2 rings (SSSR count). The molecular formula is C11H15Br2NO2S2. The molecule has 0 radical (unpaired) electrons. The van der Waals surface area contributed by atoms with Crippen LogP contribution in [0, 0.1) is 5.92 Å². The molecule has 18 heavy (non-hydrogen) atoms. The largest absolute Gasteiger partial charge is 0.250 e. The lowest BCUT2D eigenvalue weighted by molar-refractivity contribution is 0.368. The number of rotatable bonds is 4. The summed E-state index contributed by atoms with van der Waals surface area (Å²) in [6, 6.07) is 3.39. The molecule has 1 N–H and O–H groups in total. The Morgan fingerprint density at radius 1 is 1.39 bits per heavy atom. The Bertz CT molecular complexity index is 501. The van der Waals surface area contributed by atoms with Crippen LogP contribution >= 0.6 is 43.2 Å². The van der Waals surface area contributed by atoms with E-state index in [1.165, 1.54) is 24.2 Å². The zero-order chi connectivity index (χ0) is 13.2. The Hall–Kier alpha value is 0.570. The summed E-state index contributed by atoms with van der Waals surface area (Å²) in [5, 5.41) is 0. The molecule has 0 bridgehead atoms. The van der Waals surface area contributed by atoms with E-state index in [9.17, 15) is 8.42 Å². The molecule has 2 unspecified atom stereocenters. The Labute approximate surface area is 129 Å². The van der Waals surface area contributed by atoms with Gasteiger partial charge >= 0.3 is 0 Å². The Kier molecular flexibility index (Phi) is 5.28. The van der Waals surface area contributed by atoms with Gasteiger partial charge in [-0.15, -0.1) is 11.3 Å². The van der Waals surface area contributed by atoms with Gasteiger partial charge in [0.25, 0.3) is 0 Å². The van der Waals surface area contributed by atoms with Crippen molar-refractivity contribution in [2.75, 3.05) is 6.54 Å². The number of hydrogen-bond acceptors (Lipinski definition) is 3. The lowest BCUT2D eigenvalue weighted by atomic mass is 9.89. The van der Waals surface area contributed by atoms with E-state index >= 15 is 0 Å². The maximum atomic E-state index is 12.0. The molecule has 1 saturated carbocycles. The monoisotopic (exact) mass is 415 g/mol. The molecule has 1 aliphatic rings. The summed E-state index contributed by atoms with van der Waals surface area (Å²) >= 11 is 8.14. The smallest absolute Gasteiger partial charge is 0.210 e. The Balaban J connectivity index is 1.93. The van der Waals surface area contributed by atoms with Crippen LogP contribution in [0.25, 0.3) is 0 Å². The van der Waals surface area contributed by atoms with Crippen molar-refractivity contribution in [2.24, 2.45) is 5.92 Å². The van der Waals surface area contributed by atoms with E-state index in [1.807, 2.05) is 0 Å². The highest BCUT2D eigenvalue weighted by Gasteiger charge is 2.23. The minimum atomic E-state index is -3.33. The van der Waals surface area contributed by atoms with Crippen molar-refractivity contribution in [1.29, 1.82) is 0 Å². The van der Waals surface area contributed by atoms with Gasteiger partial charge in [-0.1, -0.05) is 22.4 Å². The van der Waals surface area contributed by atoms with Gasteiger partial charge in [0.15, 0.2) is 0 Å². The highest BCUT2D eigenvalue weighted by atomic mass is 79.9. The predicted molar refractivity (Wildman–Crippen MR) is 81.9 cm³/mol. The van der Waals surface area contributed by atoms with Crippen LogP contribution in [0.1, 0.15) is 25.7 Å². The fourth-order valence-corrected chi connectivity index (χ4v) is 6.17. The summed E-state index contributed by atoms with van der Waals surface area (Å²) < 4.78 is 28.0. The van der Waals surface area contributed by atoms with Crippen LogP contribution in [0.2, 0.25) is 0 Å². The second kappa shape index (κ2) is 6.35. The van der Waals surface area contributed by atoms with E-state index in [1.54, 1.807) is 12.1 Å². The number of alkyl halides is 1. The normalized spacial score (nSPS) is 25.2. The molecule has 7 heteroatoms. The van der Waals surface area contributed by atoms with Gasteiger partial charge < -0.3 is 0 Å². The maximum Gasteiger partial charge on any atom is 0.250 e. The first-order chi connectivity index (χ1) is 8.47. The third-order valence-electron chi connectivity index (χ3n) is 3.09. The number of nitrogens with one attached hydrogen (secondary N) is 1. The molecule has 3 nitrogen and oxygen atoms in total. The molecule has 0 aliphatic heterocycles. The topological polar surface area (TPSA) is 46.2 Å². The van der Waals surface area contributed by atoms with Crippen LogP contribution in [0.4, 0.5) is 0 Å². The van der Waals surface area contributed by atoms with E-state index < -0.39 is 10.0 Å². The molecule has 1 fully saturated rings. The fourth-order valence-electron chi connectivity index (χ4n) is 2.15. The lowest BCUT2D eigenvalue weighted by Gasteiger charge is -2.25. The van der Waals surface area contributed by atoms with Crippen molar-refractivity contribution in [3.05, 3.63) is 15.9 Å². The standard InChI is InChI=1S/C11H15Br2NO2S2/c12-9-3-1-2-8(6-9)7-14-18(15,16)11-5-4-10(13)17-11/h4-5,8-9,14H,1-3,6-7H2. The van der Waals surface area contributed by atoms with Crippen LogP contribution in [-0.4, -0.2) is 19.8 Å². The SMILES string of the molecule is O=S(=O)(NCC1CCCC(Br)C1)c1ccc(Br)s1. The van der Waals surface area contributed by atoms with Crippen molar-refractivity contribution >= 4 is 53.2 Å². The molecule has 0 amide bonds. The number of thiophene rings is 1. The summed E-state index contributed by atoms with van der Waals surface area (Å²) in [4.78, 5) is 0.539. The van der Waals surface area contributed by atoms with Gasteiger partial charge in [-0.05, 0) is 53.2 Å². The van der Waals surface area contributed by atoms with Gasteiger partial charge in [0.1, 0.15) is 4.21 Å². The first-order valence-electron chi connectivity index (χ1n) is 5.86. The van der Waals surface area contributed by atoms with E-state index in [-0.39, 0.29) is 0 Å². The number of sulfonamides is 1. The predicted octanol–water partition coefficient (Wildman–Crippen LogP) is 3.74. The van der Waals surface area contributed by atoms with Crippen molar-refractivity contribution in [3.63, 3.8) is 0 Å². The zero-order valence-corrected chi connectivity index (χ0v) is 14.5. The van der Waals surface area contributed by atoms with Gasteiger partial charge in [0.2, 0.25) is 10.0 Å². The first-order valence-corrected chi connectivity index (χ1v) is 9.87. The van der Waals surface area contributed by atoms with Gasteiger partial charge in [-0.25, -0.2) is 13.1 Å². The van der Waals surface area contributed by atoms with Crippen LogP contribution < -0.4 is 4.72 Å². The van der Waals surface area contributed by atoms with Crippen LogP contribution in [-0.2, 0) is 10.0 Å². The van der Waals surface area contributed by atoms with Crippen LogP contribution in [0.5, 0.6) is 0 Å². The highest BCUT2D eigenvalue weighted by molar-refractivity contribution is 9.11. The quantitative estimate of drug-likeness (QED) is 0.759. The summed E-state index contributed by atoms with van der Waals surface area (Å²) in [7, 11) is -3.33. The summed E-state index contributed by atoms with van der Waals surface area (Å²) in [6.45, 7) is 0.542. The van der Waals surface area contributed by atoms with Crippen LogP contribution in [0.15, 0.2) is 20.1 Å². The molecule has 102 valence electrons. The van der Waals surface area contributed by atoms with Gasteiger partial charge in [0, 0.05) is 11.4 Å². The van der Waals surface area contributed by atoms with E-state index in [2.05, 4.69) is 36.6 Å². The molecule has 0 spiro atoms. The van der Waals surface area contributed by atoms with Crippen molar-refractivity contribution < 1.29 is 8.42 Å². The summed E-state index contributed by atoms with van der Waals surface area (Å²) in [5.41, 5.74) is 0. The third-order valence-corrected chi connectivity index (χ3v) is 7.46. The molecule has 1 heterocycles. The minimum Gasteiger partial charge on any atom is -0.210 e. The average molecular weight is 417 g/mol. The van der Waals surface area contributed by atoms with Gasteiger partial charge in [-0.2, -0.15) is 0 Å². The molecule has 1 aromatic rings. The molecule has 1 aromatic heterocycles. The van der Waals surface area contributed by atoms with Crippen LogP contribution in [0.3, 0.4) is 0 Å². The molecule has 2 atom stereocenters. The zero-order valence-electron chi connectivity index (χ0n) is 9.73. The van der Waals surface area contributed by atoms with Gasteiger partial charge in [-0.3, -0.25) is 0 Å². The minimum absolute atomic E-state index is 0.376. The van der Waals surface area contributed by atoms with Crippen molar-refractivity contribution in [2.45, 2.75) is 34.7 Å². The second-order valence-corrected chi connectivity index (χ2v) is 10.3. The third kappa shape index (κ3) is 4.03. The summed E-state index contributed by atoms with van der Waals surface area (Å²) in [6.07, 6.45) is 4.53. The van der Waals surface area contributed by atoms with E-state index in [0.29, 0.717) is 21.5 Å². The Morgan fingerprint density at radius 3 is 2.78 bits per heavy atom. The fraction of sp³-hybridized carbons (Fsp3) is 0.636. The molecule has 0 saturated heterocycles. The van der Waals surface area contributed by atoms with E-state index in [0.717, 1.165) is 16.6 Å². The summed E-state index contributed by atoms with van der Waals surface area (Å²) in [5.74, 6) is 0.446. The molecular weight excluding hydrogens is 402 g/mol. The second-order valence-electron chi connectivity index (χ2n) is 4.54. The van der Waals surface area contributed by atoms with Crippen molar-refractivity contribution in [3.8, 4) is 0 Å². The number of halogens is 2. The first kappa shape index (κ1) is 15.0. The Morgan fingerprint density at radius 2 is 2.17 bits per heavy atom. The molecule has 0 aromatic carbocycles. The maximum absolute atomic E-state index is 12.0. The van der Waals surface area contributed by atoms with Gasteiger partial charge in [0.05, 0.1) is 3.79 Å². The highest BCUT2D eigenvalue weighted by Crippen LogP contribution is 2.29. The molecule has 1 aliphatic carbocycles. The van der Waals surface area contributed by atoms with E-state index in [4.69, 9.17) is 0 Å². The average Bonchev–Trinajstić information content (AvgIpc) is 2.74. The number of hydrogen-bond donors (Lipinski definition) is 1. The lowest BCUT2D eigenvalue weighted by Crippen LogP contribution is -2.31. The van der Waals surface area contributed by atoms with Crippen molar-refractivity contribution in [1.82, 2.24) is 4.72 Å².